The lowest BCUT2D eigenvalue weighted by molar-refractivity contribution is -0.138. The predicted molar refractivity (Wildman–Crippen MR) is 53.5 cm³/mol. The summed E-state index contributed by atoms with van der Waals surface area (Å²) in [5, 5.41) is 0.306. The zero-order chi connectivity index (χ0) is 11.6. The molecular formula is C9H9F3N2S. The molecule has 0 aliphatic rings. The van der Waals surface area contributed by atoms with Gasteiger partial charge in [-0.2, -0.15) is 13.2 Å². The van der Waals surface area contributed by atoms with Crippen LogP contribution < -0.4 is 0 Å². The maximum atomic E-state index is 12.5. The number of hydrogen-bond donors (Lipinski definition) is 0. The van der Waals surface area contributed by atoms with Gasteiger partial charge in [0, 0.05) is 6.20 Å². The molecule has 2 nitrogen and oxygen atoms in total. The van der Waals surface area contributed by atoms with E-state index in [0.29, 0.717) is 5.16 Å². The van der Waals surface area contributed by atoms with Gasteiger partial charge in [-0.3, -0.25) is 0 Å². The van der Waals surface area contributed by atoms with E-state index in [0.717, 1.165) is 6.20 Å². The molecule has 0 aromatic carbocycles. The van der Waals surface area contributed by atoms with Gasteiger partial charge in [-0.15, -0.1) is 0 Å². The fourth-order valence-corrected chi connectivity index (χ4v) is 1.34. The molecule has 0 unspecified atom stereocenters. The molecule has 0 N–H and O–H groups in total. The zero-order valence-electron chi connectivity index (χ0n) is 8.22. The zero-order valence-corrected chi connectivity index (χ0v) is 9.04. The molecule has 0 radical (unpaired) electrons. The first-order chi connectivity index (χ1) is 6.86. The van der Waals surface area contributed by atoms with Crippen LogP contribution in [-0.2, 0) is 6.18 Å². The monoisotopic (exact) mass is 234 g/mol. The molecule has 0 saturated heterocycles. The van der Waals surface area contributed by atoms with Crippen LogP contribution in [0, 0.1) is 0 Å². The molecule has 0 aliphatic heterocycles. The number of rotatable bonds is 2. The van der Waals surface area contributed by atoms with Crippen molar-refractivity contribution in [2.45, 2.75) is 18.3 Å². The number of thioether (sulfide) groups is 1. The Morgan fingerprint density at radius 1 is 1.47 bits per heavy atom. The second-order valence-corrected chi connectivity index (χ2v) is 3.67. The van der Waals surface area contributed by atoms with Gasteiger partial charge in [-0.25, -0.2) is 9.97 Å². The van der Waals surface area contributed by atoms with Gasteiger partial charge >= 0.3 is 6.18 Å². The van der Waals surface area contributed by atoms with Crippen LogP contribution in [0.3, 0.4) is 0 Å². The van der Waals surface area contributed by atoms with E-state index >= 15 is 0 Å². The van der Waals surface area contributed by atoms with Crippen LogP contribution in [0.25, 0.3) is 5.57 Å². The summed E-state index contributed by atoms with van der Waals surface area (Å²) in [6, 6.07) is 0. The van der Waals surface area contributed by atoms with E-state index in [4.69, 9.17) is 0 Å². The summed E-state index contributed by atoms with van der Waals surface area (Å²) in [5.41, 5.74) is -0.699. The van der Waals surface area contributed by atoms with Gasteiger partial charge in [0.2, 0.25) is 0 Å². The smallest absolute Gasteiger partial charge is 0.230 e. The third kappa shape index (κ3) is 2.71. The van der Waals surface area contributed by atoms with Gasteiger partial charge in [-0.05, 0) is 18.8 Å². The van der Waals surface area contributed by atoms with E-state index in [1.165, 1.54) is 18.7 Å². The summed E-state index contributed by atoms with van der Waals surface area (Å²) in [6.45, 7) is 4.96. The Morgan fingerprint density at radius 3 is 2.47 bits per heavy atom. The van der Waals surface area contributed by atoms with Gasteiger partial charge in [0.1, 0.15) is 0 Å². The van der Waals surface area contributed by atoms with Crippen molar-refractivity contribution in [3.8, 4) is 0 Å². The molecule has 0 spiro atoms. The normalized spacial score (nSPS) is 11.5. The van der Waals surface area contributed by atoms with Crippen molar-refractivity contribution in [2.24, 2.45) is 0 Å². The summed E-state index contributed by atoms with van der Waals surface area (Å²) in [4.78, 5) is 7.39. The topological polar surface area (TPSA) is 25.8 Å². The molecule has 6 heteroatoms. The maximum Gasteiger partial charge on any atom is 0.419 e. The van der Waals surface area contributed by atoms with Crippen LogP contribution in [0.2, 0.25) is 0 Å². The largest absolute Gasteiger partial charge is 0.419 e. The Morgan fingerprint density at radius 2 is 2.07 bits per heavy atom. The molecule has 0 fully saturated rings. The van der Waals surface area contributed by atoms with E-state index < -0.39 is 11.7 Å². The van der Waals surface area contributed by atoms with Crippen LogP contribution in [0.5, 0.6) is 0 Å². The molecule has 0 saturated carbocycles. The Kier molecular flexibility index (Phi) is 3.38. The SMILES string of the molecule is C=C(C)c1nc(SC)ncc1C(F)(F)F. The molecule has 1 rings (SSSR count). The van der Waals surface area contributed by atoms with Crippen LogP contribution >= 0.6 is 11.8 Å². The first kappa shape index (κ1) is 12.0. The van der Waals surface area contributed by atoms with E-state index in [9.17, 15) is 13.2 Å². The molecule has 1 heterocycles. The lowest BCUT2D eigenvalue weighted by Crippen LogP contribution is -2.11. The maximum absolute atomic E-state index is 12.5. The molecule has 0 atom stereocenters. The summed E-state index contributed by atoms with van der Waals surface area (Å²) < 4.78 is 37.5. The Labute approximate surface area is 89.6 Å². The number of hydrogen-bond acceptors (Lipinski definition) is 3. The van der Waals surface area contributed by atoms with Crippen LogP contribution in [0.1, 0.15) is 18.2 Å². The minimum absolute atomic E-state index is 0.137. The minimum Gasteiger partial charge on any atom is -0.230 e. The van der Waals surface area contributed by atoms with Gasteiger partial charge < -0.3 is 0 Å². The van der Waals surface area contributed by atoms with Crippen molar-refractivity contribution in [2.75, 3.05) is 6.26 Å². The van der Waals surface area contributed by atoms with Crippen molar-refractivity contribution in [1.29, 1.82) is 0 Å². The average Bonchev–Trinajstić information content (AvgIpc) is 2.15. The van der Waals surface area contributed by atoms with Crippen molar-refractivity contribution >= 4 is 17.3 Å². The fraction of sp³-hybridized carbons (Fsp3) is 0.333. The molecule has 1 aromatic rings. The van der Waals surface area contributed by atoms with Crippen molar-refractivity contribution in [3.63, 3.8) is 0 Å². The summed E-state index contributed by atoms with van der Waals surface area (Å²) in [5.74, 6) is 0. The van der Waals surface area contributed by atoms with E-state index in [2.05, 4.69) is 16.5 Å². The molecule has 82 valence electrons. The molecule has 1 aromatic heterocycles. The van der Waals surface area contributed by atoms with Crippen LogP contribution in [0.15, 0.2) is 17.9 Å². The van der Waals surface area contributed by atoms with Crippen LogP contribution in [0.4, 0.5) is 13.2 Å². The van der Waals surface area contributed by atoms with Crippen LogP contribution in [-0.4, -0.2) is 16.2 Å². The predicted octanol–water partition coefficient (Wildman–Crippen LogP) is 3.25. The quantitative estimate of drug-likeness (QED) is 0.580. The van der Waals surface area contributed by atoms with E-state index in [-0.39, 0.29) is 11.3 Å². The number of alkyl halides is 3. The highest BCUT2D eigenvalue weighted by atomic mass is 32.2. The van der Waals surface area contributed by atoms with Gasteiger partial charge in [0.15, 0.2) is 5.16 Å². The number of halogens is 3. The standard InChI is InChI=1S/C9H9F3N2S/c1-5(2)7-6(9(10,11)12)4-13-8(14-7)15-3/h4H,1H2,2-3H3. The Bertz CT molecular complexity index is 387. The molecule has 0 bridgehead atoms. The highest BCUT2D eigenvalue weighted by Crippen LogP contribution is 2.33. The van der Waals surface area contributed by atoms with Gasteiger partial charge in [0.05, 0.1) is 11.3 Å². The molecule has 15 heavy (non-hydrogen) atoms. The highest BCUT2D eigenvalue weighted by molar-refractivity contribution is 7.98. The van der Waals surface area contributed by atoms with Gasteiger partial charge in [0.25, 0.3) is 0 Å². The highest BCUT2D eigenvalue weighted by Gasteiger charge is 2.35. The lowest BCUT2D eigenvalue weighted by atomic mass is 10.1. The van der Waals surface area contributed by atoms with Crippen molar-refractivity contribution in [1.82, 2.24) is 9.97 Å². The van der Waals surface area contributed by atoms with Crippen molar-refractivity contribution < 1.29 is 13.2 Å². The average molecular weight is 234 g/mol. The first-order valence-electron chi connectivity index (χ1n) is 4.00. The second kappa shape index (κ2) is 4.22. The summed E-state index contributed by atoms with van der Waals surface area (Å²) >= 11 is 1.19. The number of aromatic nitrogens is 2. The third-order valence-corrected chi connectivity index (χ3v) is 2.22. The first-order valence-corrected chi connectivity index (χ1v) is 5.23. The third-order valence-electron chi connectivity index (χ3n) is 1.66. The minimum atomic E-state index is -4.44. The summed E-state index contributed by atoms with van der Waals surface area (Å²) in [7, 11) is 0. The Balaban J connectivity index is 3.34. The van der Waals surface area contributed by atoms with E-state index in [1.54, 1.807) is 6.26 Å². The number of allylic oxidation sites excluding steroid dienone is 1. The van der Waals surface area contributed by atoms with Crippen molar-refractivity contribution in [3.05, 3.63) is 24.0 Å². The Hall–Kier alpha value is -1.04. The summed E-state index contributed by atoms with van der Waals surface area (Å²) in [6.07, 6.45) is -1.95. The number of nitrogens with zero attached hydrogens (tertiary/aromatic N) is 2. The van der Waals surface area contributed by atoms with Gasteiger partial charge in [-0.1, -0.05) is 18.3 Å². The van der Waals surface area contributed by atoms with E-state index in [1.807, 2.05) is 0 Å². The fourth-order valence-electron chi connectivity index (χ4n) is 0.997. The second-order valence-electron chi connectivity index (χ2n) is 2.90. The lowest BCUT2D eigenvalue weighted by Gasteiger charge is -2.11. The molecule has 0 aliphatic carbocycles. The molecule has 0 amide bonds. The molecular weight excluding hydrogens is 225 g/mol.